The Morgan fingerprint density at radius 2 is 2.25 bits per heavy atom. The zero-order valence-corrected chi connectivity index (χ0v) is 16.3. The number of nitrogens with zero attached hydrogens (tertiary/aromatic N) is 5. The molecule has 3 heterocycles. The average Bonchev–Trinajstić information content (AvgIpc) is 3.36. The van der Waals surface area contributed by atoms with Crippen molar-refractivity contribution in [2.24, 2.45) is 16.1 Å². The van der Waals surface area contributed by atoms with Gasteiger partial charge in [-0.2, -0.15) is 10.4 Å². The first-order chi connectivity index (χ1) is 13.8. The number of para-hydroxylation sites is 1. The van der Waals surface area contributed by atoms with E-state index in [0.29, 0.717) is 36.0 Å². The molecular formula is C20H19N5O2S. The van der Waals surface area contributed by atoms with Crippen LogP contribution in [0.3, 0.4) is 0 Å². The van der Waals surface area contributed by atoms with E-state index in [2.05, 4.69) is 26.3 Å². The van der Waals surface area contributed by atoms with E-state index in [1.54, 1.807) is 0 Å². The molecule has 8 heteroatoms. The summed E-state index contributed by atoms with van der Waals surface area (Å²) in [6, 6.07) is 9.99. The molecule has 3 aromatic rings. The average molecular weight is 393 g/mol. The van der Waals surface area contributed by atoms with Gasteiger partial charge in [-0.15, -0.1) is 16.5 Å². The van der Waals surface area contributed by atoms with Crippen molar-refractivity contribution in [3.8, 4) is 22.3 Å². The predicted molar refractivity (Wildman–Crippen MR) is 107 cm³/mol. The number of nitriles is 1. The lowest BCUT2D eigenvalue weighted by Crippen LogP contribution is -2.02. The van der Waals surface area contributed by atoms with Crippen molar-refractivity contribution >= 4 is 27.4 Å². The van der Waals surface area contributed by atoms with Crippen LogP contribution in [0.2, 0.25) is 0 Å². The van der Waals surface area contributed by atoms with Crippen LogP contribution in [0.5, 0.6) is 5.75 Å². The van der Waals surface area contributed by atoms with Crippen LogP contribution in [0, 0.1) is 17.2 Å². The first kappa shape index (κ1) is 18.5. The second-order valence-electron chi connectivity index (χ2n) is 6.38. The van der Waals surface area contributed by atoms with Crippen molar-refractivity contribution in [2.45, 2.75) is 13.3 Å². The van der Waals surface area contributed by atoms with Gasteiger partial charge in [0.25, 0.3) is 0 Å². The minimum atomic E-state index is 0.410. The van der Waals surface area contributed by atoms with Crippen molar-refractivity contribution in [1.82, 2.24) is 9.97 Å². The molecule has 0 amide bonds. The molecule has 0 spiro atoms. The number of rotatable bonds is 6. The Hall–Kier alpha value is -2.89. The minimum Gasteiger partial charge on any atom is -0.493 e. The Balaban J connectivity index is 1.75. The van der Waals surface area contributed by atoms with E-state index >= 15 is 0 Å². The maximum Gasteiger partial charge on any atom is 0.195 e. The van der Waals surface area contributed by atoms with Crippen LogP contribution in [0.15, 0.2) is 40.8 Å². The molecule has 0 N–H and O–H groups in total. The van der Waals surface area contributed by atoms with E-state index in [1.165, 1.54) is 17.7 Å². The zero-order chi connectivity index (χ0) is 19.3. The van der Waals surface area contributed by atoms with E-state index in [0.717, 1.165) is 40.5 Å². The molecule has 142 valence electrons. The largest absolute Gasteiger partial charge is 0.493 e. The Bertz CT molecular complexity index is 1050. The minimum absolute atomic E-state index is 0.410. The smallest absolute Gasteiger partial charge is 0.195 e. The van der Waals surface area contributed by atoms with Crippen molar-refractivity contribution in [2.75, 3.05) is 26.4 Å². The Morgan fingerprint density at radius 3 is 3.04 bits per heavy atom. The van der Waals surface area contributed by atoms with Crippen LogP contribution in [-0.4, -0.2) is 36.3 Å². The third-order valence-electron chi connectivity index (χ3n) is 4.53. The maximum absolute atomic E-state index is 9.79. The van der Waals surface area contributed by atoms with Crippen LogP contribution >= 0.6 is 11.3 Å². The highest BCUT2D eigenvalue weighted by Gasteiger charge is 2.20. The Kier molecular flexibility index (Phi) is 5.55. The number of benzene rings is 1. The molecule has 1 aromatic carbocycles. The van der Waals surface area contributed by atoms with Gasteiger partial charge in [-0.1, -0.05) is 12.1 Å². The van der Waals surface area contributed by atoms with Gasteiger partial charge >= 0.3 is 0 Å². The first-order valence-corrected chi connectivity index (χ1v) is 9.98. The molecule has 0 radical (unpaired) electrons. The number of hydrogen-bond donors (Lipinski definition) is 0. The van der Waals surface area contributed by atoms with Crippen molar-refractivity contribution in [1.29, 1.82) is 5.26 Å². The predicted octanol–water partition coefficient (Wildman–Crippen LogP) is 4.75. The van der Waals surface area contributed by atoms with Gasteiger partial charge < -0.3 is 9.47 Å². The summed E-state index contributed by atoms with van der Waals surface area (Å²) in [6.07, 6.45) is 2.44. The second kappa shape index (κ2) is 8.42. The van der Waals surface area contributed by atoms with Gasteiger partial charge in [0, 0.05) is 18.1 Å². The number of fused-ring (bicyclic) bond motifs is 1. The highest BCUT2D eigenvalue weighted by Crippen LogP contribution is 2.43. The molecule has 1 atom stereocenters. The fraction of sp³-hybridized carbons (Fsp3) is 0.350. The van der Waals surface area contributed by atoms with Crippen LogP contribution in [-0.2, 0) is 4.74 Å². The molecule has 0 bridgehead atoms. The number of thiophene rings is 1. The van der Waals surface area contributed by atoms with Crippen molar-refractivity contribution < 1.29 is 9.47 Å². The Morgan fingerprint density at radius 1 is 1.36 bits per heavy atom. The summed E-state index contributed by atoms with van der Waals surface area (Å²) in [4.78, 5) is 9.42. The van der Waals surface area contributed by atoms with E-state index < -0.39 is 0 Å². The summed E-state index contributed by atoms with van der Waals surface area (Å²) in [5.74, 6) is 1.64. The van der Waals surface area contributed by atoms with Crippen molar-refractivity contribution in [3.63, 3.8) is 0 Å². The summed E-state index contributed by atoms with van der Waals surface area (Å²) in [7, 11) is 0. The SMILES string of the molecule is CCOc1ccccc1-c1sc2c(N=NCC3CCOC3)ncnc2c1C#N. The van der Waals surface area contributed by atoms with E-state index in [9.17, 15) is 5.26 Å². The zero-order valence-electron chi connectivity index (χ0n) is 15.5. The number of hydrogen-bond acceptors (Lipinski definition) is 8. The van der Waals surface area contributed by atoms with Crippen LogP contribution in [0.1, 0.15) is 18.9 Å². The fourth-order valence-electron chi connectivity index (χ4n) is 3.15. The molecule has 1 fully saturated rings. The highest BCUT2D eigenvalue weighted by molar-refractivity contribution is 7.23. The molecule has 7 nitrogen and oxygen atoms in total. The topological polar surface area (TPSA) is 92.8 Å². The first-order valence-electron chi connectivity index (χ1n) is 9.16. The van der Waals surface area contributed by atoms with Crippen molar-refractivity contribution in [3.05, 3.63) is 36.2 Å². The van der Waals surface area contributed by atoms with Gasteiger partial charge in [0.05, 0.1) is 30.2 Å². The lowest BCUT2D eigenvalue weighted by molar-refractivity contribution is 0.187. The van der Waals surface area contributed by atoms with E-state index in [-0.39, 0.29) is 0 Å². The molecular weight excluding hydrogens is 374 g/mol. The number of ether oxygens (including phenoxy) is 2. The molecule has 4 rings (SSSR count). The van der Waals surface area contributed by atoms with Crippen LogP contribution < -0.4 is 4.74 Å². The molecule has 1 saturated heterocycles. The van der Waals surface area contributed by atoms with Gasteiger partial charge in [0.2, 0.25) is 0 Å². The third-order valence-corrected chi connectivity index (χ3v) is 5.73. The number of azo groups is 1. The van der Waals surface area contributed by atoms with Gasteiger partial charge in [-0.25, -0.2) is 9.97 Å². The molecule has 1 aliphatic heterocycles. The summed E-state index contributed by atoms with van der Waals surface area (Å²) < 4.78 is 11.9. The van der Waals surface area contributed by atoms with E-state index in [4.69, 9.17) is 9.47 Å². The molecule has 0 aliphatic carbocycles. The fourth-order valence-corrected chi connectivity index (χ4v) is 4.31. The second-order valence-corrected chi connectivity index (χ2v) is 7.40. The third kappa shape index (κ3) is 3.59. The molecule has 1 aliphatic rings. The lowest BCUT2D eigenvalue weighted by atomic mass is 10.1. The van der Waals surface area contributed by atoms with Gasteiger partial charge in [0.1, 0.15) is 28.4 Å². The van der Waals surface area contributed by atoms with E-state index in [1.807, 2.05) is 31.2 Å². The molecule has 2 aromatic heterocycles. The summed E-state index contributed by atoms with van der Waals surface area (Å²) in [5.41, 5.74) is 1.98. The Labute approximate surface area is 166 Å². The highest BCUT2D eigenvalue weighted by atomic mass is 32.1. The van der Waals surface area contributed by atoms with Crippen LogP contribution in [0.25, 0.3) is 20.7 Å². The molecule has 0 saturated carbocycles. The van der Waals surface area contributed by atoms with Gasteiger partial charge in [-0.05, 0) is 25.5 Å². The summed E-state index contributed by atoms with van der Waals surface area (Å²) in [6.45, 7) is 4.62. The van der Waals surface area contributed by atoms with Gasteiger partial charge in [-0.3, -0.25) is 0 Å². The summed E-state index contributed by atoms with van der Waals surface area (Å²) in [5, 5.41) is 18.4. The molecule has 28 heavy (non-hydrogen) atoms. The molecule has 1 unspecified atom stereocenters. The number of aromatic nitrogens is 2. The standard InChI is InChI=1S/C20H19N5O2S/c1-2-27-16-6-4-3-5-14(16)18-15(9-21)17-19(28-18)20(23-12-22-17)25-24-10-13-7-8-26-11-13/h3-6,12-13H,2,7-8,10-11H2,1H3. The quantitative estimate of drug-likeness (QED) is 0.564. The lowest BCUT2D eigenvalue weighted by Gasteiger charge is -2.08. The summed E-state index contributed by atoms with van der Waals surface area (Å²) >= 11 is 1.44. The van der Waals surface area contributed by atoms with Crippen LogP contribution in [0.4, 0.5) is 5.82 Å². The normalized spacial score (nSPS) is 16.6. The monoisotopic (exact) mass is 393 g/mol. The maximum atomic E-state index is 9.79. The van der Waals surface area contributed by atoms with Gasteiger partial charge in [0.15, 0.2) is 5.82 Å².